The van der Waals surface area contributed by atoms with E-state index in [0.717, 1.165) is 44.5 Å². The fourth-order valence-electron chi connectivity index (χ4n) is 4.21. The van der Waals surface area contributed by atoms with Gasteiger partial charge < -0.3 is 14.6 Å². The van der Waals surface area contributed by atoms with Gasteiger partial charge in [0.15, 0.2) is 0 Å². The molecule has 1 N–H and O–H groups in total. The van der Waals surface area contributed by atoms with Crippen LogP contribution in [0.2, 0.25) is 0 Å². The first-order valence-electron chi connectivity index (χ1n) is 9.23. The average Bonchev–Trinajstić information content (AvgIpc) is 3.04. The third-order valence-corrected chi connectivity index (χ3v) is 5.75. The summed E-state index contributed by atoms with van der Waals surface area (Å²) < 4.78 is 6.06. The molecule has 0 saturated carbocycles. The third-order valence-electron chi connectivity index (χ3n) is 5.75. The predicted octanol–water partition coefficient (Wildman–Crippen LogP) is 3.66. The van der Waals surface area contributed by atoms with Gasteiger partial charge in [0, 0.05) is 43.2 Å². The second-order valence-corrected chi connectivity index (χ2v) is 7.23. The Hall–Kier alpha value is -1.81. The maximum atomic E-state index is 12.6. The van der Waals surface area contributed by atoms with E-state index in [0.29, 0.717) is 6.42 Å². The van der Waals surface area contributed by atoms with E-state index in [-0.39, 0.29) is 11.5 Å². The molecule has 2 aliphatic rings. The Morgan fingerprint density at radius 3 is 2.79 bits per heavy atom. The molecular weight excluding hydrogens is 300 g/mol. The van der Waals surface area contributed by atoms with Gasteiger partial charge in [-0.05, 0) is 50.2 Å². The molecule has 0 bridgehead atoms. The molecule has 24 heavy (non-hydrogen) atoms. The zero-order valence-electron chi connectivity index (χ0n) is 14.2. The monoisotopic (exact) mass is 326 g/mol. The van der Waals surface area contributed by atoms with Crippen molar-refractivity contribution in [3.63, 3.8) is 0 Å². The van der Waals surface area contributed by atoms with Gasteiger partial charge >= 0.3 is 0 Å². The standard InChI is InChI=1S/C20H26N2O2/c23-19(8-7-16-15-21-18-6-2-1-5-17(16)18)22-12-10-20(11-13-22)9-3-4-14-24-20/h1-2,5-6,15,21H,3-4,7-14H2. The van der Waals surface area contributed by atoms with Gasteiger partial charge in [0.1, 0.15) is 0 Å². The number of likely N-dealkylation sites (tertiary alicyclic amines) is 1. The Bertz CT molecular complexity index is 705. The zero-order chi connectivity index (χ0) is 16.4. The van der Waals surface area contributed by atoms with Crippen molar-refractivity contribution in [2.75, 3.05) is 19.7 Å². The number of carbonyl (C=O) groups is 1. The number of hydrogen-bond acceptors (Lipinski definition) is 2. The van der Waals surface area contributed by atoms with Crippen LogP contribution in [-0.4, -0.2) is 41.1 Å². The molecule has 2 aliphatic heterocycles. The van der Waals surface area contributed by atoms with Gasteiger partial charge in [-0.3, -0.25) is 4.79 Å². The summed E-state index contributed by atoms with van der Waals surface area (Å²) in [6.45, 7) is 2.61. The van der Waals surface area contributed by atoms with Crippen molar-refractivity contribution in [3.05, 3.63) is 36.0 Å². The van der Waals surface area contributed by atoms with Crippen LogP contribution in [-0.2, 0) is 16.0 Å². The topological polar surface area (TPSA) is 45.3 Å². The molecule has 1 spiro atoms. The largest absolute Gasteiger partial charge is 0.375 e. The molecule has 4 nitrogen and oxygen atoms in total. The Kier molecular flexibility index (Phi) is 4.31. The number of aromatic amines is 1. The van der Waals surface area contributed by atoms with Crippen LogP contribution in [0.1, 0.15) is 44.1 Å². The number of para-hydroxylation sites is 1. The number of ether oxygens (including phenoxy) is 1. The fraction of sp³-hybridized carbons (Fsp3) is 0.550. The van der Waals surface area contributed by atoms with Crippen molar-refractivity contribution in [1.82, 2.24) is 9.88 Å². The summed E-state index contributed by atoms with van der Waals surface area (Å²) in [5, 5.41) is 1.23. The smallest absolute Gasteiger partial charge is 0.222 e. The number of fused-ring (bicyclic) bond motifs is 1. The van der Waals surface area contributed by atoms with Crippen molar-refractivity contribution in [2.24, 2.45) is 0 Å². The Morgan fingerprint density at radius 2 is 2.00 bits per heavy atom. The molecule has 0 atom stereocenters. The number of amides is 1. The van der Waals surface area contributed by atoms with E-state index < -0.39 is 0 Å². The Balaban J connectivity index is 1.32. The highest BCUT2D eigenvalue weighted by Gasteiger charge is 2.37. The zero-order valence-corrected chi connectivity index (χ0v) is 14.2. The first-order chi connectivity index (χ1) is 11.8. The summed E-state index contributed by atoms with van der Waals surface area (Å²) in [6, 6.07) is 8.28. The first-order valence-corrected chi connectivity index (χ1v) is 9.23. The summed E-state index contributed by atoms with van der Waals surface area (Å²) in [5.41, 5.74) is 2.46. The Labute approximate surface area is 143 Å². The number of hydrogen-bond donors (Lipinski definition) is 1. The second kappa shape index (κ2) is 6.60. The number of rotatable bonds is 3. The van der Waals surface area contributed by atoms with Gasteiger partial charge in [0.05, 0.1) is 5.60 Å². The summed E-state index contributed by atoms with van der Waals surface area (Å²) in [7, 11) is 0. The van der Waals surface area contributed by atoms with Crippen LogP contribution in [0.5, 0.6) is 0 Å². The maximum absolute atomic E-state index is 12.6. The molecule has 4 rings (SSSR count). The number of nitrogens with one attached hydrogen (secondary N) is 1. The molecule has 1 aromatic carbocycles. The van der Waals surface area contributed by atoms with Crippen molar-refractivity contribution in [2.45, 2.75) is 50.5 Å². The van der Waals surface area contributed by atoms with Crippen molar-refractivity contribution < 1.29 is 9.53 Å². The van der Waals surface area contributed by atoms with Gasteiger partial charge in [0.2, 0.25) is 5.91 Å². The predicted molar refractivity (Wildman–Crippen MR) is 95.0 cm³/mol. The summed E-state index contributed by atoms with van der Waals surface area (Å²) in [5.74, 6) is 0.283. The number of piperidine rings is 1. The van der Waals surface area contributed by atoms with Gasteiger partial charge in [-0.25, -0.2) is 0 Å². The molecule has 0 unspecified atom stereocenters. The number of benzene rings is 1. The minimum Gasteiger partial charge on any atom is -0.375 e. The minimum absolute atomic E-state index is 0.0753. The number of aryl methyl sites for hydroxylation is 1. The molecule has 3 heterocycles. The van der Waals surface area contributed by atoms with Gasteiger partial charge in [0.25, 0.3) is 0 Å². The van der Waals surface area contributed by atoms with Crippen molar-refractivity contribution >= 4 is 16.8 Å². The molecule has 1 amide bonds. The maximum Gasteiger partial charge on any atom is 0.222 e. The SMILES string of the molecule is O=C(CCc1c[nH]c2ccccc12)N1CCC2(CCCCO2)CC1. The first kappa shape index (κ1) is 15.7. The van der Waals surface area contributed by atoms with E-state index in [1.54, 1.807) is 0 Å². The normalized spacial score (nSPS) is 20.6. The number of carbonyl (C=O) groups excluding carboxylic acids is 1. The summed E-state index contributed by atoms with van der Waals surface area (Å²) in [4.78, 5) is 17.9. The number of aromatic nitrogens is 1. The molecule has 2 saturated heterocycles. The third kappa shape index (κ3) is 3.07. The highest BCUT2D eigenvalue weighted by molar-refractivity contribution is 5.84. The summed E-state index contributed by atoms with van der Waals surface area (Å²) >= 11 is 0. The van der Waals surface area contributed by atoms with Gasteiger partial charge in [-0.2, -0.15) is 0 Å². The molecule has 1 aromatic heterocycles. The highest BCUT2D eigenvalue weighted by atomic mass is 16.5. The Morgan fingerprint density at radius 1 is 1.17 bits per heavy atom. The van der Waals surface area contributed by atoms with Crippen molar-refractivity contribution in [3.8, 4) is 0 Å². The number of H-pyrrole nitrogens is 1. The van der Waals surface area contributed by atoms with Crippen LogP contribution in [0.4, 0.5) is 0 Å². The van der Waals surface area contributed by atoms with E-state index in [1.165, 1.54) is 30.2 Å². The van der Waals surface area contributed by atoms with Crippen LogP contribution in [0.25, 0.3) is 10.9 Å². The average molecular weight is 326 g/mol. The molecule has 0 aliphatic carbocycles. The van der Waals surface area contributed by atoms with E-state index in [1.807, 2.05) is 17.2 Å². The van der Waals surface area contributed by atoms with Crippen LogP contribution < -0.4 is 0 Å². The van der Waals surface area contributed by atoms with E-state index in [4.69, 9.17) is 4.74 Å². The van der Waals surface area contributed by atoms with E-state index >= 15 is 0 Å². The fourth-order valence-corrected chi connectivity index (χ4v) is 4.21. The van der Waals surface area contributed by atoms with E-state index in [2.05, 4.69) is 23.2 Å². The molecule has 0 radical (unpaired) electrons. The second-order valence-electron chi connectivity index (χ2n) is 7.23. The lowest BCUT2D eigenvalue weighted by molar-refractivity contribution is -0.142. The quantitative estimate of drug-likeness (QED) is 0.935. The van der Waals surface area contributed by atoms with Crippen LogP contribution in [0, 0.1) is 0 Å². The molecule has 4 heteroatoms. The summed E-state index contributed by atoms with van der Waals surface area (Å²) in [6.07, 6.45) is 9.08. The van der Waals surface area contributed by atoms with E-state index in [9.17, 15) is 4.79 Å². The highest BCUT2D eigenvalue weighted by Crippen LogP contribution is 2.35. The van der Waals surface area contributed by atoms with Gasteiger partial charge in [-0.1, -0.05) is 18.2 Å². The number of nitrogens with zero attached hydrogens (tertiary/aromatic N) is 1. The lowest BCUT2D eigenvalue weighted by atomic mass is 9.84. The molecule has 128 valence electrons. The van der Waals surface area contributed by atoms with Gasteiger partial charge in [-0.15, -0.1) is 0 Å². The molecule has 2 fully saturated rings. The lowest BCUT2D eigenvalue weighted by Crippen LogP contribution is -2.49. The van der Waals surface area contributed by atoms with Crippen molar-refractivity contribution in [1.29, 1.82) is 0 Å². The molecule has 2 aromatic rings. The van der Waals surface area contributed by atoms with Crippen LogP contribution in [0.15, 0.2) is 30.5 Å². The van der Waals surface area contributed by atoms with Crippen LogP contribution >= 0.6 is 0 Å². The lowest BCUT2D eigenvalue weighted by Gasteiger charge is -2.44. The molecular formula is C20H26N2O2. The minimum atomic E-state index is 0.0753. The van der Waals surface area contributed by atoms with Crippen LogP contribution in [0.3, 0.4) is 0 Å².